The van der Waals surface area contributed by atoms with Crippen LogP contribution < -0.4 is 4.57 Å². The number of hydrogen-bond acceptors (Lipinski definition) is 1. The number of aromatic nitrogens is 3. The molecule has 0 radical (unpaired) electrons. The van der Waals surface area contributed by atoms with Crippen LogP contribution in [0.15, 0.2) is 48.8 Å². The molecule has 0 unspecified atom stereocenters. The molecular formula is C13H9F3N3+. The average molecular weight is 264 g/mol. The van der Waals surface area contributed by atoms with E-state index in [2.05, 4.69) is 9.97 Å². The van der Waals surface area contributed by atoms with Gasteiger partial charge in [0.15, 0.2) is 5.52 Å². The van der Waals surface area contributed by atoms with Crippen molar-refractivity contribution < 1.29 is 17.7 Å². The lowest BCUT2D eigenvalue weighted by Crippen LogP contribution is -2.30. The maximum atomic E-state index is 12.6. The topological polar surface area (TPSA) is 32.6 Å². The number of benzene rings is 1. The molecule has 0 atom stereocenters. The highest BCUT2D eigenvalue weighted by atomic mass is 19.4. The summed E-state index contributed by atoms with van der Waals surface area (Å²) in [6, 6.07) is 8.93. The van der Waals surface area contributed by atoms with E-state index in [1.165, 1.54) is 6.07 Å². The highest BCUT2D eigenvalue weighted by molar-refractivity contribution is 5.76. The van der Waals surface area contributed by atoms with Crippen LogP contribution in [0.5, 0.6) is 0 Å². The van der Waals surface area contributed by atoms with Crippen LogP contribution in [0.1, 0.15) is 5.56 Å². The van der Waals surface area contributed by atoms with E-state index in [1.807, 2.05) is 18.2 Å². The molecule has 96 valence electrons. The summed E-state index contributed by atoms with van der Waals surface area (Å²) in [5.74, 6) is 0.481. The molecule has 3 aromatic rings. The summed E-state index contributed by atoms with van der Waals surface area (Å²) in [6.07, 6.45) is -0.815. The van der Waals surface area contributed by atoms with Gasteiger partial charge in [-0.15, -0.1) is 0 Å². The molecule has 0 bridgehead atoms. The van der Waals surface area contributed by atoms with Crippen LogP contribution in [0, 0.1) is 0 Å². The molecule has 2 aromatic heterocycles. The van der Waals surface area contributed by atoms with Crippen LogP contribution in [-0.4, -0.2) is 9.97 Å². The molecule has 1 N–H and O–H groups in total. The van der Waals surface area contributed by atoms with Gasteiger partial charge in [0, 0.05) is 0 Å². The summed E-state index contributed by atoms with van der Waals surface area (Å²) in [4.78, 5) is 7.12. The number of fused-ring (bicyclic) bond motifs is 1. The summed E-state index contributed by atoms with van der Waals surface area (Å²) in [6.45, 7) is 0. The maximum absolute atomic E-state index is 12.6. The van der Waals surface area contributed by atoms with Gasteiger partial charge < -0.3 is 0 Å². The van der Waals surface area contributed by atoms with E-state index in [9.17, 15) is 13.2 Å². The third-order valence-electron chi connectivity index (χ3n) is 2.76. The van der Waals surface area contributed by atoms with Crippen molar-refractivity contribution >= 4 is 11.0 Å². The van der Waals surface area contributed by atoms with Gasteiger partial charge in [-0.2, -0.15) is 13.2 Å². The Morgan fingerprint density at radius 3 is 2.47 bits per heavy atom. The lowest BCUT2D eigenvalue weighted by Gasteiger charge is -2.04. The Hall–Kier alpha value is -2.37. The van der Waals surface area contributed by atoms with Gasteiger partial charge in [-0.3, -0.25) is 0 Å². The maximum Gasteiger partial charge on any atom is 0.416 e. The molecule has 6 heteroatoms. The van der Waals surface area contributed by atoms with Gasteiger partial charge in [-0.1, -0.05) is 11.1 Å². The van der Waals surface area contributed by atoms with Crippen LogP contribution in [-0.2, 0) is 6.18 Å². The highest BCUT2D eigenvalue weighted by Gasteiger charge is 2.31. The molecule has 3 nitrogen and oxygen atoms in total. The predicted octanol–water partition coefficient (Wildman–Crippen LogP) is 2.86. The van der Waals surface area contributed by atoms with Gasteiger partial charge in [-0.05, 0) is 30.3 Å². The number of imidazole rings is 1. The predicted molar refractivity (Wildman–Crippen MR) is 62.6 cm³/mol. The number of aromatic amines is 1. The third kappa shape index (κ3) is 2.16. The van der Waals surface area contributed by atoms with E-state index in [-0.39, 0.29) is 0 Å². The molecule has 0 aliphatic rings. The number of rotatable bonds is 1. The molecule has 0 saturated heterocycles. The Bertz CT molecular complexity index is 717. The Labute approximate surface area is 106 Å². The van der Waals surface area contributed by atoms with Crippen molar-refractivity contribution in [2.75, 3.05) is 0 Å². The van der Waals surface area contributed by atoms with Crippen LogP contribution >= 0.6 is 0 Å². The molecule has 3 rings (SSSR count). The Kier molecular flexibility index (Phi) is 2.51. The highest BCUT2D eigenvalue weighted by Crippen LogP contribution is 2.30. The van der Waals surface area contributed by atoms with Gasteiger partial charge in [0.25, 0.3) is 0 Å². The molecule has 2 heterocycles. The molecule has 1 aromatic carbocycles. The van der Waals surface area contributed by atoms with E-state index in [1.54, 1.807) is 17.0 Å². The van der Waals surface area contributed by atoms with E-state index in [0.29, 0.717) is 17.0 Å². The number of pyridine rings is 1. The Morgan fingerprint density at radius 2 is 1.79 bits per heavy atom. The van der Waals surface area contributed by atoms with Crippen LogP contribution in [0.4, 0.5) is 13.2 Å². The van der Waals surface area contributed by atoms with Crippen molar-refractivity contribution in [1.29, 1.82) is 0 Å². The van der Waals surface area contributed by atoms with Gasteiger partial charge >= 0.3 is 12.1 Å². The first-order valence-electron chi connectivity index (χ1n) is 5.58. The van der Waals surface area contributed by atoms with Crippen molar-refractivity contribution in [2.45, 2.75) is 6.18 Å². The minimum atomic E-state index is -4.35. The molecule has 0 spiro atoms. The second-order valence-corrected chi connectivity index (χ2v) is 4.07. The van der Waals surface area contributed by atoms with Crippen molar-refractivity contribution in [3.63, 3.8) is 0 Å². The molecule has 0 fully saturated rings. The molecule has 0 aliphatic carbocycles. The monoisotopic (exact) mass is 264 g/mol. The SMILES string of the molecule is FC(F)(F)c1ccc2nc(-[n+]3ccccc3)[nH]c2c1. The third-order valence-corrected chi connectivity index (χ3v) is 2.76. The fraction of sp³-hybridized carbons (Fsp3) is 0.0769. The smallest absolute Gasteiger partial charge is 0.238 e. The van der Waals surface area contributed by atoms with E-state index in [0.717, 1.165) is 12.1 Å². The van der Waals surface area contributed by atoms with E-state index >= 15 is 0 Å². The van der Waals surface area contributed by atoms with Gasteiger partial charge in [0.1, 0.15) is 5.52 Å². The second-order valence-electron chi connectivity index (χ2n) is 4.07. The summed E-state index contributed by atoms with van der Waals surface area (Å²) in [5.41, 5.74) is 0.175. The summed E-state index contributed by atoms with van der Waals surface area (Å²) in [5, 5.41) is 0. The van der Waals surface area contributed by atoms with E-state index in [4.69, 9.17) is 0 Å². The minimum absolute atomic E-state index is 0.362. The molecule has 0 saturated carbocycles. The fourth-order valence-electron chi connectivity index (χ4n) is 1.83. The molecule has 0 amide bonds. The van der Waals surface area contributed by atoms with Crippen LogP contribution in [0.2, 0.25) is 0 Å². The number of nitrogens with zero attached hydrogens (tertiary/aromatic N) is 2. The van der Waals surface area contributed by atoms with Crippen molar-refractivity contribution in [3.8, 4) is 5.95 Å². The first-order chi connectivity index (χ1) is 9.04. The van der Waals surface area contributed by atoms with Crippen molar-refractivity contribution in [2.24, 2.45) is 0 Å². The zero-order chi connectivity index (χ0) is 13.5. The summed E-state index contributed by atoms with van der Waals surface area (Å²) in [7, 11) is 0. The zero-order valence-corrected chi connectivity index (χ0v) is 9.65. The van der Waals surface area contributed by atoms with Crippen molar-refractivity contribution in [3.05, 3.63) is 54.4 Å². The largest absolute Gasteiger partial charge is 0.416 e. The first-order valence-corrected chi connectivity index (χ1v) is 5.58. The Balaban J connectivity index is 2.12. The molecule has 0 aliphatic heterocycles. The van der Waals surface area contributed by atoms with Crippen molar-refractivity contribution in [1.82, 2.24) is 9.97 Å². The number of halogens is 3. The molecule has 19 heavy (non-hydrogen) atoms. The normalized spacial score (nSPS) is 11.9. The number of hydrogen-bond donors (Lipinski definition) is 1. The standard InChI is InChI=1S/C13H9F3N3/c14-13(15,16)9-4-5-10-11(8-9)18-12(17-10)19-6-2-1-3-7-19/h1-8H,(H,17,18)/q+1. The number of alkyl halides is 3. The van der Waals surface area contributed by atoms with Crippen LogP contribution in [0.3, 0.4) is 0 Å². The quantitative estimate of drug-likeness (QED) is 0.673. The Morgan fingerprint density at radius 1 is 1.05 bits per heavy atom. The lowest BCUT2D eigenvalue weighted by molar-refractivity contribution is -0.603. The van der Waals surface area contributed by atoms with Crippen LogP contribution in [0.25, 0.3) is 17.0 Å². The average Bonchev–Trinajstić information content (AvgIpc) is 2.81. The summed E-state index contributed by atoms with van der Waals surface area (Å²) >= 11 is 0. The van der Waals surface area contributed by atoms with E-state index < -0.39 is 11.7 Å². The van der Waals surface area contributed by atoms with Gasteiger partial charge in [0.05, 0.1) is 18.0 Å². The van der Waals surface area contributed by atoms with Gasteiger partial charge in [0.2, 0.25) is 0 Å². The number of nitrogens with one attached hydrogen (secondary N) is 1. The van der Waals surface area contributed by atoms with Gasteiger partial charge in [-0.25, -0.2) is 9.55 Å². The molecular weight excluding hydrogens is 255 g/mol. The fourth-order valence-corrected chi connectivity index (χ4v) is 1.83. The second kappa shape index (κ2) is 4.08. The summed E-state index contributed by atoms with van der Waals surface area (Å²) < 4.78 is 39.5. The minimum Gasteiger partial charge on any atom is -0.238 e. The first kappa shape index (κ1) is 11.7. The number of H-pyrrole nitrogens is 1. The zero-order valence-electron chi connectivity index (χ0n) is 9.65. The lowest BCUT2D eigenvalue weighted by atomic mass is 10.2.